The predicted molar refractivity (Wildman–Crippen MR) is 114 cm³/mol. The van der Waals surface area contributed by atoms with Gasteiger partial charge in [0.2, 0.25) is 0 Å². The number of hydrogen-bond donors (Lipinski definition) is 1. The van der Waals surface area contributed by atoms with Crippen LogP contribution in [-0.2, 0) is 22.5 Å². The Hall–Kier alpha value is -3.20. The molecule has 0 radical (unpaired) electrons. The number of nitrogens with zero attached hydrogens (tertiary/aromatic N) is 2. The first-order valence-electron chi connectivity index (χ1n) is 9.50. The molecule has 158 valence electrons. The van der Waals surface area contributed by atoms with E-state index in [1.165, 1.54) is 11.5 Å². The molecule has 2 aromatic heterocycles. The molecule has 1 atom stereocenters. The first kappa shape index (κ1) is 21.5. The molecule has 1 N–H and O–H groups in total. The summed E-state index contributed by atoms with van der Waals surface area (Å²) >= 11 is 1.02. The number of hydrogen-bond acceptors (Lipinski definition) is 6. The van der Waals surface area contributed by atoms with E-state index in [0.717, 1.165) is 21.5 Å². The van der Waals surface area contributed by atoms with Gasteiger partial charge >= 0.3 is 17.6 Å². The van der Waals surface area contributed by atoms with E-state index in [1.54, 1.807) is 13.8 Å². The molecule has 0 amide bonds. The Balaban J connectivity index is 2.27. The van der Waals surface area contributed by atoms with E-state index >= 15 is 0 Å². The van der Waals surface area contributed by atoms with Crippen molar-refractivity contribution in [3.63, 3.8) is 0 Å². The third-order valence-electron chi connectivity index (χ3n) is 4.92. The molecular weight excluding hydrogens is 408 g/mol. The Labute approximate surface area is 176 Å². The standard InChI is InChI=1S/C21H22N2O6S/c1-4-29-20(27)16-12(2)15-17(24)23(13(3)19(25)26)21(28)22(18(15)30-16)11-10-14-8-6-5-7-9-14/h5-9,13H,4,10-11H2,1-3H3,(H,25,26). The number of fused-ring (bicyclic) bond motifs is 1. The van der Waals surface area contributed by atoms with Crippen LogP contribution in [0.2, 0.25) is 0 Å². The zero-order valence-electron chi connectivity index (χ0n) is 16.9. The maximum Gasteiger partial charge on any atom is 0.348 e. The van der Waals surface area contributed by atoms with Gasteiger partial charge in [-0.25, -0.2) is 19.0 Å². The molecule has 0 bridgehead atoms. The van der Waals surface area contributed by atoms with Gasteiger partial charge in [-0.2, -0.15) is 0 Å². The van der Waals surface area contributed by atoms with Crippen molar-refractivity contribution in [1.29, 1.82) is 0 Å². The van der Waals surface area contributed by atoms with Crippen LogP contribution in [0.1, 0.15) is 40.7 Å². The highest BCUT2D eigenvalue weighted by molar-refractivity contribution is 7.20. The van der Waals surface area contributed by atoms with Crippen LogP contribution in [0.4, 0.5) is 0 Å². The number of ether oxygens (including phenoxy) is 1. The number of carbonyl (C=O) groups excluding carboxylic acids is 1. The van der Waals surface area contributed by atoms with Crippen LogP contribution >= 0.6 is 11.3 Å². The van der Waals surface area contributed by atoms with Crippen molar-refractivity contribution in [2.45, 2.75) is 39.8 Å². The summed E-state index contributed by atoms with van der Waals surface area (Å²) in [6, 6.07) is 8.15. The molecular formula is C21H22N2O6S. The van der Waals surface area contributed by atoms with Gasteiger partial charge in [-0.3, -0.25) is 9.36 Å². The van der Waals surface area contributed by atoms with Gasteiger partial charge in [0.15, 0.2) is 0 Å². The van der Waals surface area contributed by atoms with E-state index in [2.05, 4.69) is 0 Å². The molecule has 2 heterocycles. The van der Waals surface area contributed by atoms with Crippen LogP contribution in [0.15, 0.2) is 39.9 Å². The summed E-state index contributed by atoms with van der Waals surface area (Å²) in [5, 5.41) is 9.58. The number of carboxylic acid groups (broad SMARTS) is 1. The number of aromatic nitrogens is 2. The van der Waals surface area contributed by atoms with Crippen molar-refractivity contribution in [2.75, 3.05) is 6.61 Å². The molecule has 0 spiro atoms. The lowest BCUT2D eigenvalue weighted by molar-refractivity contribution is -0.140. The average molecular weight is 430 g/mol. The second-order valence-electron chi connectivity index (χ2n) is 6.82. The summed E-state index contributed by atoms with van der Waals surface area (Å²) in [7, 11) is 0. The minimum Gasteiger partial charge on any atom is -0.480 e. The normalized spacial score (nSPS) is 12.1. The van der Waals surface area contributed by atoms with Crippen molar-refractivity contribution < 1.29 is 19.4 Å². The van der Waals surface area contributed by atoms with Crippen molar-refractivity contribution in [1.82, 2.24) is 9.13 Å². The van der Waals surface area contributed by atoms with Gasteiger partial charge in [-0.05, 0) is 38.3 Å². The summed E-state index contributed by atoms with van der Waals surface area (Å²) in [4.78, 5) is 50.7. The number of aryl methyl sites for hydroxylation is 3. The Morgan fingerprint density at radius 2 is 1.87 bits per heavy atom. The molecule has 0 aliphatic carbocycles. The van der Waals surface area contributed by atoms with Gasteiger partial charge in [-0.1, -0.05) is 30.3 Å². The van der Waals surface area contributed by atoms with Crippen molar-refractivity contribution in [3.05, 3.63) is 67.2 Å². The molecule has 3 rings (SSSR count). The molecule has 0 fully saturated rings. The van der Waals surface area contributed by atoms with E-state index < -0.39 is 29.2 Å². The summed E-state index contributed by atoms with van der Waals surface area (Å²) in [6.07, 6.45) is 0.501. The molecule has 9 heteroatoms. The van der Waals surface area contributed by atoms with Gasteiger partial charge in [0, 0.05) is 6.54 Å². The van der Waals surface area contributed by atoms with Gasteiger partial charge in [0.25, 0.3) is 5.56 Å². The average Bonchev–Trinajstić information content (AvgIpc) is 3.06. The monoisotopic (exact) mass is 430 g/mol. The Morgan fingerprint density at radius 1 is 1.20 bits per heavy atom. The number of rotatable bonds is 7. The molecule has 1 aromatic carbocycles. The summed E-state index contributed by atoms with van der Waals surface area (Å²) in [5.74, 6) is -1.86. The highest BCUT2D eigenvalue weighted by atomic mass is 32.1. The topological polar surface area (TPSA) is 108 Å². The first-order valence-corrected chi connectivity index (χ1v) is 10.3. The second kappa shape index (κ2) is 8.66. The number of thiophene rings is 1. The summed E-state index contributed by atoms with van der Waals surface area (Å²) < 4.78 is 7.19. The van der Waals surface area contributed by atoms with Crippen LogP contribution in [0, 0.1) is 6.92 Å². The third-order valence-corrected chi connectivity index (χ3v) is 6.21. The SMILES string of the molecule is CCOC(=O)c1sc2c(c1C)c(=O)n(C(C)C(=O)O)c(=O)n2CCc1ccccc1. The maximum absolute atomic E-state index is 13.1. The zero-order chi connectivity index (χ0) is 22.0. The second-order valence-corrected chi connectivity index (χ2v) is 7.82. The number of aliphatic carboxylic acids is 1. The van der Waals surface area contributed by atoms with Gasteiger partial charge < -0.3 is 9.84 Å². The van der Waals surface area contributed by atoms with Crippen LogP contribution < -0.4 is 11.2 Å². The minimum atomic E-state index is -1.34. The smallest absolute Gasteiger partial charge is 0.348 e. The maximum atomic E-state index is 13.1. The molecule has 0 aliphatic rings. The fourth-order valence-electron chi connectivity index (χ4n) is 3.29. The quantitative estimate of drug-likeness (QED) is 0.578. The van der Waals surface area contributed by atoms with Gasteiger partial charge in [0.05, 0.1) is 12.0 Å². The van der Waals surface area contributed by atoms with Crippen molar-refractivity contribution >= 4 is 33.5 Å². The van der Waals surface area contributed by atoms with E-state index in [0.29, 0.717) is 16.8 Å². The Morgan fingerprint density at radius 3 is 2.47 bits per heavy atom. The predicted octanol–water partition coefficient (Wildman–Crippen LogP) is 2.60. The highest BCUT2D eigenvalue weighted by Gasteiger charge is 2.27. The van der Waals surface area contributed by atoms with Gasteiger partial charge in [-0.15, -0.1) is 11.3 Å². The highest BCUT2D eigenvalue weighted by Crippen LogP contribution is 2.29. The number of esters is 1. The lowest BCUT2D eigenvalue weighted by Gasteiger charge is -2.15. The molecule has 3 aromatic rings. The Bertz CT molecular complexity index is 1220. The molecule has 30 heavy (non-hydrogen) atoms. The minimum absolute atomic E-state index is 0.170. The lowest BCUT2D eigenvalue weighted by atomic mass is 10.1. The molecule has 0 aliphatic heterocycles. The first-order chi connectivity index (χ1) is 14.3. The fraction of sp³-hybridized carbons (Fsp3) is 0.333. The number of carboxylic acids is 1. The van der Waals surface area contributed by atoms with Crippen molar-refractivity contribution in [3.8, 4) is 0 Å². The molecule has 1 unspecified atom stereocenters. The molecule has 0 saturated carbocycles. The third kappa shape index (κ3) is 3.80. The molecule has 0 saturated heterocycles. The Kier molecular flexibility index (Phi) is 6.21. The zero-order valence-corrected chi connectivity index (χ0v) is 17.7. The molecule has 8 nitrogen and oxygen atoms in total. The summed E-state index contributed by atoms with van der Waals surface area (Å²) in [5.41, 5.74) is -0.0566. The number of benzene rings is 1. The van der Waals surface area contributed by atoms with E-state index in [4.69, 9.17) is 4.74 Å². The fourth-order valence-corrected chi connectivity index (χ4v) is 4.50. The van der Waals surface area contributed by atoms with Gasteiger partial charge in [0.1, 0.15) is 15.7 Å². The van der Waals surface area contributed by atoms with Crippen molar-refractivity contribution in [2.24, 2.45) is 0 Å². The largest absolute Gasteiger partial charge is 0.480 e. The van der Waals surface area contributed by atoms with Crippen LogP contribution in [-0.4, -0.2) is 32.8 Å². The van der Waals surface area contributed by atoms with E-state index in [-0.39, 0.29) is 23.4 Å². The van der Waals surface area contributed by atoms with Crippen LogP contribution in [0.3, 0.4) is 0 Å². The summed E-state index contributed by atoms with van der Waals surface area (Å²) in [6.45, 7) is 4.97. The lowest BCUT2D eigenvalue weighted by Crippen LogP contribution is -2.43. The van der Waals surface area contributed by atoms with E-state index in [1.807, 2.05) is 30.3 Å². The number of carbonyl (C=O) groups is 2. The van der Waals surface area contributed by atoms with Crippen LogP contribution in [0.5, 0.6) is 0 Å². The van der Waals surface area contributed by atoms with E-state index in [9.17, 15) is 24.3 Å². The van der Waals surface area contributed by atoms with Crippen LogP contribution in [0.25, 0.3) is 10.2 Å².